The van der Waals surface area contributed by atoms with Gasteiger partial charge in [0, 0.05) is 45.0 Å². The molecule has 2 heterocycles. The molecule has 0 saturated carbocycles. The van der Waals surface area contributed by atoms with Crippen LogP contribution in [-0.4, -0.2) is 68.1 Å². The van der Waals surface area contributed by atoms with E-state index in [1.54, 1.807) is 12.1 Å². The van der Waals surface area contributed by atoms with Crippen molar-refractivity contribution in [1.82, 2.24) is 15.1 Å². The van der Waals surface area contributed by atoms with E-state index >= 15 is 0 Å². The first-order valence-corrected chi connectivity index (χ1v) is 8.73. The Morgan fingerprint density at radius 3 is 2.44 bits per heavy atom. The standard InChI is InChI=1S/C18H27FN4O.ClH/c1-18(6-7-20-13-18)14-23-10-8-22(9-11-23)12-17(24)21-16-4-2-15(19)3-5-16;/h2-5,20H,6-14H2,1H3,(H,21,24);1H. The topological polar surface area (TPSA) is 47.6 Å². The molecule has 1 aromatic carbocycles. The van der Waals surface area contributed by atoms with E-state index in [-0.39, 0.29) is 24.1 Å². The van der Waals surface area contributed by atoms with Crippen LogP contribution in [0.2, 0.25) is 0 Å². The summed E-state index contributed by atoms with van der Waals surface area (Å²) in [4.78, 5) is 16.8. The van der Waals surface area contributed by atoms with Gasteiger partial charge in [0.25, 0.3) is 0 Å². The SMILES string of the molecule is CC1(CN2CCN(CC(=O)Nc3ccc(F)cc3)CC2)CCNC1.Cl. The molecule has 0 spiro atoms. The highest BCUT2D eigenvalue weighted by atomic mass is 35.5. The number of amides is 1. The highest BCUT2D eigenvalue weighted by molar-refractivity contribution is 5.92. The van der Waals surface area contributed by atoms with Gasteiger partial charge in [0.15, 0.2) is 0 Å². The third-order valence-electron chi connectivity index (χ3n) is 5.02. The third-order valence-corrected chi connectivity index (χ3v) is 5.02. The number of hydrogen-bond acceptors (Lipinski definition) is 4. The average molecular weight is 371 g/mol. The summed E-state index contributed by atoms with van der Waals surface area (Å²) in [5, 5.41) is 6.27. The van der Waals surface area contributed by atoms with Gasteiger partial charge >= 0.3 is 0 Å². The molecule has 1 unspecified atom stereocenters. The summed E-state index contributed by atoms with van der Waals surface area (Å²) in [5.41, 5.74) is 1.03. The minimum absolute atomic E-state index is 0. The zero-order valence-electron chi connectivity index (χ0n) is 14.8. The van der Waals surface area contributed by atoms with Gasteiger partial charge in [-0.15, -0.1) is 12.4 Å². The van der Waals surface area contributed by atoms with Crippen molar-refractivity contribution in [3.05, 3.63) is 30.1 Å². The maximum Gasteiger partial charge on any atom is 0.238 e. The average Bonchev–Trinajstić information content (AvgIpc) is 2.98. The number of benzene rings is 1. The van der Waals surface area contributed by atoms with Gasteiger partial charge in [-0.1, -0.05) is 6.92 Å². The zero-order valence-corrected chi connectivity index (χ0v) is 15.6. The molecule has 2 N–H and O–H groups in total. The van der Waals surface area contributed by atoms with Crippen LogP contribution in [0.4, 0.5) is 10.1 Å². The van der Waals surface area contributed by atoms with Crippen LogP contribution in [0.15, 0.2) is 24.3 Å². The summed E-state index contributed by atoms with van der Waals surface area (Å²) in [6.07, 6.45) is 1.24. The van der Waals surface area contributed by atoms with Crippen LogP contribution in [0, 0.1) is 11.2 Å². The first-order valence-electron chi connectivity index (χ1n) is 8.73. The molecule has 0 aliphatic carbocycles. The van der Waals surface area contributed by atoms with Gasteiger partial charge in [-0.3, -0.25) is 9.69 Å². The Balaban J connectivity index is 0.00000225. The largest absolute Gasteiger partial charge is 0.325 e. The molecule has 5 nitrogen and oxygen atoms in total. The van der Waals surface area contributed by atoms with E-state index in [1.165, 1.54) is 18.6 Å². The predicted octanol–water partition coefficient (Wildman–Crippen LogP) is 1.80. The molecule has 7 heteroatoms. The molecule has 3 rings (SSSR count). The molecule has 2 fully saturated rings. The predicted molar refractivity (Wildman–Crippen MR) is 101 cm³/mol. The summed E-state index contributed by atoms with van der Waals surface area (Å²) in [5.74, 6) is -0.336. The van der Waals surface area contributed by atoms with Crippen molar-refractivity contribution in [2.45, 2.75) is 13.3 Å². The highest BCUT2D eigenvalue weighted by Crippen LogP contribution is 2.26. The number of rotatable bonds is 5. The van der Waals surface area contributed by atoms with Gasteiger partial charge in [0.2, 0.25) is 5.91 Å². The van der Waals surface area contributed by atoms with Crippen LogP contribution in [-0.2, 0) is 4.79 Å². The lowest BCUT2D eigenvalue weighted by Crippen LogP contribution is -2.51. The smallest absolute Gasteiger partial charge is 0.238 e. The van der Waals surface area contributed by atoms with Crippen LogP contribution in [0.5, 0.6) is 0 Å². The van der Waals surface area contributed by atoms with E-state index in [1.807, 2.05) is 0 Å². The number of piperazine rings is 1. The molecule has 0 radical (unpaired) electrons. The fourth-order valence-electron chi connectivity index (χ4n) is 3.59. The van der Waals surface area contributed by atoms with E-state index in [9.17, 15) is 9.18 Å². The Bertz CT molecular complexity index is 555. The van der Waals surface area contributed by atoms with Crippen LogP contribution in [0.1, 0.15) is 13.3 Å². The summed E-state index contributed by atoms with van der Waals surface area (Å²) in [6, 6.07) is 5.88. The normalized spacial score (nSPS) is 24.7. The molecule has 1 atom stereocenters. The van der Waals surface area contributed by atoms with Crippen molar-refractivity contribution < 1.29 is 9.18 Å². The zero-order chi connectivity index (χ0) is 17.0. The Kier molecular flexibility index (Phi) is 7.19. The molecule has 2 aliphatic rings. The number of carbonyl (C=O) groups excluding carboxylic acids is 1. The van der Waals surface area contributed by atoms with Crippen LogP contribution >= 0.6 is 12.4 Å². The van der Waals surface area contributed by atoms with E-state index in [0.29, 0.717) is 17.6 Å². The summed E-state index contributed by atoms with van der Waals surface area (Å²) in [7, 11) is 0. The minimum Gasteiger partial charge on any atom is -0.325 e. The van der Waals surface area contributed by atoms with Crippen molar-refractivity contribution in [2.75, 3.05) is 57.7 Å². The maximum absolute atomic E-state index is 12.9. The van der Waals surface area contributed by atoms with Crippen molar-refractivity contribution in [2.24, 2.45) is 5.41 Å². The Labute approximate surface area is 155 Å². The van der Waals surface area contributed by atoms with Gasteiger partial charge in [0.05, 0.1) is 6.54 Å². The first kappa shape index (κ1) is 20.1. The maximum atomic E-state index is 12.9. The Morgan fingerprint density at radius 2 is 1.84 bits per heavy atom. The lowest BCUT2D eigenvalue weighted by Gasteiger charge is -2.38. The van der Waals surface area contributed by atoms with Gasteiger partial charge in [-0.05, 0) is 42.6 Å². The number of nitrogens with zero attached hydrogens (tertiary/aromatic N) is 2. The molecular weight excluding hydrogens is 343 g/mol. The molecule has 1 aromatic rings. The second-order valence-electron chi connectivity index (χ2n) is 7.34. The molecule has 0 aromatic heterocycles. The van der Waals surface area contributed by atoms with Crippen LogP contribution in [0.25, 0.3) is 0 Å². The number of nitrogens with one attached hydrogen (secondary N) is 2. The molecule has 0 bridgehead atoms. The van der Waals surface area contributed by atoms with Gasteiger partial charge in [-0.25, -0.2) is 4.39 Å². The number of hydrogen-bond donors (Lipinski definition) is 2. The fourth-order valence-corrected chi connectivity index (χ4v) is 3.59. The second kappa shape index (κ2) is 8.94. The first-order chi connectivity index (χ1) is 11.5. The van der Waals surface area contributed by atoms with E-state index < -0.39 is 0 Å². The van der Waals surface area contributed by atoms with Crippen LogP contribution in [0.3, 0.4) is 0 Å². The van der Waals surface area contributed by atoms with Gasteiger partial charge in [0.1, 0.15) is 5.82 Å². The molecular formula is C18H28ClFN4O. The quantitative estimate of drug-likeness (QED) is 0.829. The van der Waals surface area contributed by atoms with Crippen molar-refractivity contribution in [1.29, 1.82) is 0 Å². The summed E-state index contributed by atoms with van der Waals surface area (Å²) in [6.45, 7) is 9.97. The Hall–Kier alpha value is -1.21. The molecule has 1 amide bonds. The summed E-state index contributed by atoms with van der Waals surface area (Å²) >= 11 is 0. The lowest BCUT2D eigenvalue weighted by atomic mass is 9.89. The third kappa shape index (κ3) is 5.92. The van der Waals surface area contributed by atoms with Crippen molar-refractivity contribution in [3.8, 4) is 0 Å². The Morgan fingerprint density at radius 1 is 1.20 bits per heavy atom. The molecule has 25 heavy (non-hydrogen) atoms. The lowest BCUT2D eigenvalue weighted by molar-refractivity contribution is -0.117. The fraction of sp³-hybridized carbons (Fsp3) is 0.611. The van der Waals surface area contributed by atoms with E-state index in [0.717, 1.165) is 45.8 Å². The van der Waals surface area contributed by atoms with E-state index in [4.69, 9.17) is 0 Å². The molecule has 140 valence electrons. The van der Waals surface area contributed by atoms with Crippen LogP contribution < -0.4 is 10.6 Å². The number of carbonyl (C=O) groups is 1. The number of anilines is 1. The van der Waals surface area contributed by atoms with Gasteiger partial charge < -0.3 is 15.5 Å². The second-order valence-corrected chi connectivity index (χ2v) is 7.34. The van der Waals surface area contributed by atoms with Gasteiger partial charge in [-0.2, -0.15) is 0 Å². The monoisotopic (exact) mass is 370 g/mol. The van der Waals surface area contributed by atoms with Crippen molar-refractivity contribution >= 4 is 24.0 Å². The molecule has 2 aliphatic heterocycles. The highest BCUT2D eigenvalue weighted by Gasteiger charge is 2.31. The van der Waals surface area contributed by atoms with Crippen molar-refractivity contribution in [3.63, 3.8) is 0 Å². The minimum atomic E-state index is -0.296. The van der Waals surface area contributed by atoms with E-state index in [2.05, 4.69) is 27.4 Å². The summed E-state index contributed by atoms with van der Waals surface area (Å²) < 4.78 is 12.9. The molecule has 2 saturated heterocycles. The number of halogens is 2.